The molecule has 1 aromatic carbocycles. The van der Waals surface area contributed by atoms with Gasteiger partial charge in [0.1, 0.15) is 11.6 Å². The number of benzene rings is 1. The van der Waals surface area contributed by atoms with Gasteiger partial charge in [-0.3, -0.25) is 4.79 Å². The molecule has 1 aromatic heterocycles. The number of nitrogens with one attached hydrogen (secondary N) is 1. The van der Waals surface area contributed by atoms with E-state index in [0.29, 0.717) is 25.1 Å². The summed E-state index contributed by atoms with van der Waals surface area (Å²) < 4.78 is 13.6. The van der Waals surface area contributed by atoms with Crippen LogP contribution in [0.4, 0.5) is 10.2 Å². The first kappa shape index (κ1) is 16.4. The monoisotopic (exact) mass is 327 g/mol. The minimum absolute atomic E-state index is 0.0391. The van der Waals surface area contributed by atoms with Gasteiger partial charge in [0.05, 0.1) is 5.92 Å². The lowest BCUT2D eigenvalue weighted by atomic mass is 9.97. The van der Waals surface area contributed by atoms with Crippen molar-refractivity contribution in [1.29, 1.82) is 0 Å². The van der Waals surface area contributed by atoms with E-state index in [1.165, 1.54) is 6.07 Å². The Kier molecular flexibility index (Phi) is 5.08. The van der Waals surface area contributed by atoms with E-state index in [4.69, 9.17) is 0 Å². The fourth-order valence-electron chi connectivity index (χ4n) is 3.19. The smallest absolute Gasteiger partial charge is 0.225 e. The molecule has 1 N–H and O–H groups in total. The van der Waals surface area contributed by atoms with E-state index in [1.807, 2.05) is 24.3 Å². The molecule has 0 spiro atoms. The number of anilines is 1. The first-order valence-electron chi connectivity index (χ1n) is 8.32. The highest BCUT2D eigenvalue weighted by Crippen LogP contribution is 2.26. The van der Waals surface area contributed by atoms with Gasteiger partial charge in [-0.25, -0.2) is 9.37 Å². The van der Waals surface area contributed by atoms with Gasteiger partial charge in [-0.15, -0.1) is 0 Å². The number of hydrogen-bond acceptors (Lipinski definition) is 3. The van der Waals surface area contributed by atoms with Crippen molar-refractivity contribution in [3.05, 3.63) is 60.0 Å². The van der Waals surface area contributed by atoms with E-state index < -0.39 is 0 Å². The molecule has 0 aliphatic carbocycles. The fourth-order valence-corrected chi connectivity index (χ4v) is 3.19. The number of carbonyl (C=O) groups excluding carboxylic acids is 1. The number of rotatable bonds is 5. The molecule has 4 nitrogen and oxygen atoms in total. The van der Waals surface area contributed by atoms with Crippen LogP contribution in [0.2, 0.25) is 0 Å². The van der Waals surface area contributed by atoms with Crippen LogP contribution in [0.1, 0.15) is 12.5 Å². The van der Waals surface area contributed by atoms with E-state index in [1.54, 1.807) is 18.3 Å². The van der Waals surface area contributed by atoms with Crippen LogP contribution in [-0.2, 0) is 11.2 Å². The van der Waals surface area contributed by atoms with E-state index in [0.717, 1.165) is 12.4 Å². The van der Waals surface area contributed by atoms with Crippen molar-refractivity contribution in [2.24, 2.45) is 11.8 Å². The molecule has 0 radical (unpaired) electrons. The van der Waals surface area contributed by atoms with E-state index in [-0.39, 0.29) is 23.6 Å². The maximum atomic E-state index is 13.6. The van der Waals surface area contributed by atoms with Gasteiger partial charge in [-0.1, -0.05) is 31.2 Å². The van der Waals surface area contributed by atoms with Gasteiger partial charge in [-0.2, -0.15) is 0 Å². The molecule has 1 saturated heterocycles. The molecule has 2 atom stereocenters. The van der Waals surface area contributed by atoms with E-state index >= 15 is 0 Å². The summed E-state index contributed by atoms with van der Waals surface area (Å²) in [5.41, 5.74) is 0.632. The average Bonchev–Trinajstić information content (AvgIpc) is 2.99. The lowest BCUT2D eigenvalue weighted by Gasteiger charge is -2.17. The zero-order chi connectivity index (χ0) is 16.9. The van der Waals surface area contributed by atoms with Crippen LogP contribution in [0.15, 0.2) is 48.7 Å². The Morgan fingerprint density at radius 2 is 2.04 bits per heavy atom. The van der Waals surface area contributed by atoms with E-state index in [2.05, 4.69) is 22.1 Å². The molecule has 2 heterocycles. The number of carbonyl (C=O) groups is 1. The summed E-state index contributed by atoms with van der Waals surface area (Å²) in [5, 5.41) is 2.95. The highest BCUT2D eigenvalue weighted by Gasteiger charge is 2.35. The van der Waals surface area contributed by atoms with Crippen LogP contribution >= 0.6 is 0 Å². The predicted molar refractivity (Wildman–Crippen MR) is 92.2 cm³/mol. The van der Waals surface area contributed by atoms with Crippen LogP contribution in [0, 0.1) is 17.7 Å². The summed E-state index contributed by atoms with van der Waals surface area (Å²) in [6, 6.07) is 12.5. The minimum atomic E-state index is -0.220. The molecule has 3 rings (SSSR count). The zero-order valence-corrected chi connectivity index (χ0v) is 13.8. The summed E-state index contributed by atoms with van der Waals surface area (Å²) in [6.07, 6.45) is 2.27. The highest BCUT2D eigenvalue weighted by molar-refractivity contribution is 5.80. The largest absolute Gasteiger partial charge is 0.356 e. The van der Waals surface area contributed by atoms with Gasteiger partial charge in [-0.05, 0) is 36.1 Å². The second-order valence-electron chi connectivity index (χ2n) is 6.31. The fraction of sp³-hybridized carbons (Fsp3) is 0.368. The number of halogens is 1. The van der Waals surface area contributed by atoms with E-state index in [9.17, 15) is 9.18 Å². The Morgan fingerprint density at radius 3 is 2.79 bits per heavy atom. The maximum absolute atomic E-state index is 13.6. The van der Waals surface area contributed by atoms with Crippen LogP contribution in [0.5, 0.6) is 0 Å². The zero-order valence-electron chi connectivity index (χ0n) is 13.8. The molecule has 24 heavy (non-hydrogen) atoms. The van der Waals surface area contributed by atoms with Gasteiger partial charge in [0.15, 0.2) is 0 Å². The molecule has 126 valence electrons. The molecule has 1 aliphatic rings. The number of aromatic nitrogens is 1. The van der Waals surface area contributed by atoms with Crippen molar-refractivity contribution in [2.75, 3.05) is 24.5 Å². The lowest BCUT2D eigenvalue weighted by molar-refractivity contribution is -0.125. The maximum Gasteiger partial charge on any atom is 0.225 e. The average molecular weight is 327 g/mol. The van der Waals surface area contributed by atoms with Crippen molar-refractivity contribution in [3.8, 4) is 0 Å². The van der Waals surface area contributed by atoms with Crippen molar-refractivity contribution in [3.63, 3.8) is 0 Å². The Balaban J connectivity index is 1.53. The summed E-state index contributed by atoms with van der Waals surface area (Å²) in [7, 11) is 0. The van der Waals surface area contributed by atoms with Crippen LogP contribution in [0.25, 0.3) is 0 Å². The summed E-state index contributed by atoms with van der Waals surface area (Å²) in [6.45, 7) is 4.03. The first-order valence-corrected chi connectivity index (χ1v) is 8.32. The molecular weight excluding hydrogens is 305 g/mol. The minimum Gasteiger partial charge on any atom is -0.356 e. The van der Waals surface area contributed by atoms with Gasteiger partial charge in [0, 0.05) is 25.8 Å². The highest BCUT2D eigenvalue weighted by atomic mass is 19.1. The van der Waals surface area contributed by atoms with Gasteiger partial charge < -0.3 is 10.2 Å². The number of nitrogens with zero attached hydrogens (tertiary/aromatic N) is 2. The van der Waals surface area contributed by atoms with Crippen molar-refractivity contribution in [1.82, 2.24) is 10.3 Å². The molecule has 1 amide bonds. The summed E-state index contributed by atoms with van der Waals surface area (Å²) >= 11 is 0. The van der Waals surface area contributed by atoms with Crippen molar-refractivity contribution < 1.29 is 9.18 Å². The number of hydrogen-bond donors (Lipinski definition) is 1. The third kappa shape index (κ3) is 3.72. The quantitative estimate of drug-likeness (QED) is 0.918. The van der Waals surface area contributed by atoms with Crippen LogP contribution in [0.3, 0.4) is 0 Å². The normalized spacial score (nSPS) is 20.2. The van der Waals surface area contributed by atoms with Crippen LogP contribution in [-0.4, -0.2) is 30.5 Å². The second kappa shape index (κ2) is 7.43. The van der Waals surface area contributed by atoms with Crippen molar-refractivity contribution in [2.45, 2.75) is 13.3 Å². The molecule has 1 fully saturated rings. The van der Waals surface area contributed by atoms with Crippen molar-refractivity contribution >= 4 is 11.7 Å². The topological polar surface area (TPSA) is 45.2 Å². The molecule has 1 aliphatic heterocycles. The second-order valence-corrected chi connectivity index (χ2v) is 6.31. The third-order valence-corrected chi connectivity index (χ3v) is 4.57. The Morgan fingerprint density at radius 1 is 1.25 bits per heavy atom. The van der Waals surface area contributed by atoms with Crippen LogP contribution < -0.4 is 10.2 Å². The lowest BCUT2D eigenvalue weighted by Crippen LogP contribution is -2.36. The standard InChI is InChI=1S/C19H22FN3O/c1-14-12-23(18-8-4-5-10-21-18)13-16(14)19(24)22-11-9-15-6-2-3-7-17(15)20/h2-8,10,14,16H,9,11-13H2,1H3,(H,22,24)/t14-,16-/m1/s1. The predicted octanol–water partition coefficient (Wildman–Crippen LogP) is 2.65. The summed E-state index contributed by atoms with van der Waals surface area (Å²) in [4.78, 5) is 19.0. The molecule has 0 unspecified atom stereocenters. The third-order valence-electron chi connectivity index (χ3n) is 4.57. The SMILES string of the molecule is C[C@@H]1CN(c2ccccn2)C[C@H]1C(=O)NCCc1ccccc1F. The first-order chi connectivity index (χ1) is 11.6. The molecule has 0 saturated carbocycles. The van der Waals surface area contributed by atoms with Gasteiger partial charge in [0.2, 0.25) is 5.91 Å². The Labute approximate surface area is 141 Å². The molecule has 2 aromatic rings. The van der Waals surface area contributed by atoms with Gasteiger partial charge >= 0.3 is 0 Å². The number of pyridine rings is 1. The molecule has 5 heteroatoms. The summed E-state index contributed by atoms with van der Waals surface area (Å²) in [5.74, 6) is 0.929. The number of amides is 1. The Bertz CT molecular complexity index is 692. The molecule has 0 bridgehead atoms. The van der Waals surface area contributed by atoms with Gasteiger partial charge in [0.25, 0.3) is 0 Å². The molecular formula is C19H22FN3O. The Hall–Kier alpha value is -2.43.